The fraction of sp³-hybridized carbons (Fsp3) is 0.105. The summed E-state index contributed by atoms with van der Waals surface area (Å²) in [6, 6.07) is 11.8. The predicted molar refractivity (Wildman–Crippen MR) is 89.5 cm³/mol. The van der Waals surface area contributed by atoms with Gasteiger partial charge >= 0.3 is 0 Å². The Morgan fingerprint density at radius 3 is 2.36 bits per heavy atom. The smallest absolute Gasteiger partial charge is 0.261 e. The molecule has 2 aromatic carbocycles. The van der Waals surface area contributed by atoms with Gasteiger partial charge in [-0.1, -0.05) is 12.1 Å². The van der Waals surface area contributed by atoms with E-state index in [1.165, 1.54) is 0 Å². The molecule has 2 amide bonds. The Labute approximate surface area is 142 Å². The van der Waals surface area contributed by atoms with Crippen LogP contribution in [0.1, 0.15) is 31.3 Å². The molecular formula is C19H13NO5. The average molecular weight is 335 g/mol. The molecule has 0 spiro atoms. The molecule has 1 aliphatic rings. The molecule has 4 rings (SSSR count). The van der Waals surface area contributed by atoms with Crippen molar-refractivity contribution in [2.24, 2.45) is 0 Å². The second-order valence-corrected chi connectivity index (χ2v) is 5.69. The van der Waals surface area contributed by atoms with E-state index >= 15 is 0 Å². The Hall–Kier alpha value is -3.25. The van der Waals surface area contributed by atoms with Crippen LogP contribution in [0.5, 0.6) is 0 Å². The summed E-state index contributed by atoms with van der Waals surface area (Å²) >= 11 is 0. The van der Waals surface area contributed by atoms with E-state index in [1.54, 1.807) is 36.4 Å². The molecule has 25 heavy (non-hydrogen) atoms. The number of rotatable bonds is 4. The quantitative estimate of drug-likeness (QED) is 0.585. The first kappa shape index (κ1) is 15.3. The monoisotopic (exact) mass is 335 g/mol. The van der Waals surface area contributed by atoms with Crippen LogP contribution < -0.4 is 0 Å². The van der Waals surface area contributed by atoms with Crippen molar-refractivity contribution in [2.45, 2.75) is 0 Å². The van der Waals surface area contributed by atoms with E-state index in [9.17, 15) is 14.4 Å². The van der Waals surface area contributed by atoms with Gasteiger partial charge in [-0.3, -0.25) is 19.3 Å². The lowest BCUT2D eigenvalue weighted by Crippen LogP contribution is -2.41. The Kier molecular flexibility index (Phi) is 3.47. The van der Waals surface area contributed by atoms with E-state index in [2.05, 4.69) is 0 Å². The summed E-state index contributed by atoms with van der Waals surface area (Å²) in [5.74, 6) is -0.162. The van der Waals surface area contributed by atoms with Gasteiger partial charge in [-0.05, 0) is 35.7 Å². The zero-order valence-corrected chi connectivity index (χ0v) is 13.1. The SMILES string of the molecule is O=Cc1ccc(-c2ccc3c4c(cccc24)C(=O)N(CCO)C3=O)o1. The molecule has 3 aromatic rings. The van der Waals surface area contributed by atoms with E-state index in [0.29, 0.717) is 39.5 Å². The third-order valence-electron chi connectivity index (χ3n) is 4.32. The van der Waals surface area contributed by atoms with Crippen LogP contribution in [0.4, 0.5) is 0 Å². The molecule has 6 nitrogen and oxygen atoms in total. The summed E-state index contributed by atoms with van der Waals surface area (Å²) in [6.45, 7) is -0.335. The number of carbonyl (C=O) groups is 3. The molecule has 0 radical (unpaired) electrons. The highest BCUT2D eigenvalue weighted by atomic mass is 16.3. The molecule has 0 unspecified atom stereocenters. The number of furan rings is 1. The lowest BCUT2D eigenvalue weighted by atomic mass is 9.90. The standard InChI is InChI=1S/C19H13NO5/c21-9-8-20-18(23)14-3-1-2-13-12(16-7-4-11(10-22)25-16)5-6-15(17(13)14)19(20)24/h1-7,10,21H,8-9H2. The molecule has 1 N–H and O–H groups in total. The van der Waals surface area contributed by atoms with Crippen LogP contribution in [0.3, 0.4) is 0 Å². The van der Waals surface area contributed by atoms with Gasteiger partial charge in [-0.2, -0.15) is 0 Å². The summed E-state index contributed by atoms with van der Waals surface area (Å²) in [5, 5.41) is 10.4. The van der Waals surface area contributed by atoms with Gasteiger partial charge in [0.05, 0.1) is 13.2 Å². The summed E-state index contributed by atoms with van der Waals surface area (Å²) in [4.78, 5) is 37.2. The number of amides is 2. The van der Waals surface area contributed by atoms with E-state index in [0.717, 1.165) is 4.90 Å². The number of aliphatic hydroxyl groups is 1. The van der Waals surface area contributed by atoms with Gasteiger partial charge in [0.15, 0.2) is 12.0 Å². The van der Waals surface area contributed by atoms with Gasteiger partial charge in [-0.25, -0.2) is 0 Å². The summed E-state index contributed by atoms with van der Waals surface area (Å²) < 4.78 is 5.49. The second kappa shape index (κ2) is 5.68. The molecule has 0 saturated heterocycles. The van der Waals surface area contributed by atoms with Gasteiger partial charge < -0.3 is 9.52 Å². The molecule has 1 aliphatic heterocycles. The van der Waals surface area contributed by atoms with Crippen LogP contribution in [0, 0.1) is 0 Å². The second-order valence-electron chi connectivity index (χ2n) is 5.69. The van der Waals surface area contributed by atoms with Gasteiger partial charge in [0.25, 0.3) is 11.8 Å². The zero-order chi connectivity index (χ0) is 17.6. The number of hydrogen-bond donors (Lipinski definition) is 1. The predicted octanol–water partition coefficient (Wildman–Crippen LogP) is 2.50. The van der Waals surface area contributed by atoms with Crippen LogP contribution in [0.2, 0.25) is 0 Å². The summed E-state index contributed by atoms with van der Waals surface area (Å²) in [7, 11) is 0. The minimum Gasteiger partial charge on any atom is -0.453 e. The van der Waals surface area contributed by atoms with Crippen molar-refractivity contribution in [3.8, 4) is 11.3 Å². The highest BCUT2D eigenvalue weighted by Gasteiger charge is 2.33. The Morgan fingerprint density at radius 1 is 0.960 bits per heavy atom. The van der Waals surface area contributed by atoms with Gasteiger partial charge in [-0.15, -0.1) is 0 Å². The number of nitrogens with zero attached hydrogens (tertiary/aromatic N) is 1. The fourth-order valence-corrected chi connectivity index (χ4v) is 3.23. The molecule has 0 aliphatic carbocycles. The molecule has 0 saturated carbocycles. The fourth-order valence-electron chi connectivity index (χ4n) is 3.23. The largest absolute Gasteiger partial charge is 0.453 e. The molecule has 124 valence electrons. The van der Waals surface area contributed by atoms with E-state index in [4.69, 9.17) is 9.52 Å². The van der Waals surface area contributed by atoms with Crippen molar-refractivity contribution in [3.05, 3.63) is 59.4 Å². The van der Waals surface area contributed by atoms with Crippen LogP contribution >= 0.6 is 0 Å². The molecule has 1 aromatic heterocycles. The maximum absolute atomic E-state index is 12.6. The number of imide groups is 1. The van der Waals surface area contributed by atoms with Gasteiger partial charge in [0, 0.05) is 22.1 Å². The molecular weight excluding hydrogens is 322 g/mol. The third kappa shape index (κ3) is 2.19. The third-order valence-corrected chi connectivity index (χ3v) is 4.32. The van der Waals surface area contributed by atoms with E-state index in [-0.39, 0.29) is 18.9 Å². The number of aliphatic hydroxyl groups excluding tert-OH is 1. The van der Waals surface area contributed by atoms with E-state index < -0.39 is 11.8 Å². The average Bonchev–Trinajstić information content (AvgIpc) is 3.11. The Balaban J connectivity index is 1.98. The Bertz CT molecular complexity index is 1010. The van der Waals surface area contributed by atoms with Crippen LogP contribution in [-0.4, -0.2) is 41.3 Å². The molecule has 0 fully saturated rings. The van der Waals surface area contributed by atoms with Crippen LogP contribution in [0.25, 0.3) is 22.1 Å². The first-order valence-corrected chi connectivity index (χ1v) is 7.74. The zero-order valence-electron chi connectivity index (χ0n) is 13.1. The summed E-state index contributed by atoms with van der Waals surface area (Å²) in [6.07, 6.45) is 0.619. The van der Waals surface area contributed by atoms with Crippen molar-refractivity contribution in [3.63, 3.8) is 0 Å². The lowest BCUT2D eigenvalue weighted by Gasteiger charge is -2.27. The van der Waals surface area contributed by atoms with Gasteiger partial charge in [0.2, 0.25) is 0 Å². The van der Waals surface area contributed by atoms with Crippen LogP contribution in [0.15, 0.2) is 46.9 Å². The molecule has 0 atom stereocenters. The summed E-state index contributed by atoms with van der Waals surface area (Å²) in [5.41, 5.74) is 1.51. The van der Waals surface area contributed by atoms with Crippen molar-refractivity contribution in [1.82, 2.24) is 4.90 Å². The van der Waals surface area contributed by atoms with Gasteiger partial charge in [0.1, 0.15) is 5.76 Å². The number of hydrogen-bond acceptors (Lipinski definition) is 5. The number of aldehydes is 1. The normalized spacial score (nSPS) is 13.6. The minimum absolute atomic E-state index is 0.0455. The maximum atomic E-state index is 12.6. The van der Waals surface area contributed by atoms with Crippen molar-refractivity contribution in [2.75, 3.05) is 13.2 Å². The minimum atomic E-state index is -0.428. The Morgan fingerprint density at radius 2 is 1.68 bits per heavy atom. The highest BCUT2D eigenvalue weighted by Crippen LogP contribution is 2.36. The molecule has 0 bridgehead atoms. The van der Waals surface area contributed by atoms with Crippen molar-refractivity contribution in [1.29, 1.82) is 0 Å². The first-order chi connectivity index (χ1) is 12.2. The van der Waals surface area contributed by atoms with Crippen molar-refractivity contribution >= 4 is 28.9 Å². The number of benzene rings is 2. The van der Waals surface area contributed by atoms with Crippen molar-refractivity contribution < 1.29 is 23.9 Å². The van der Waals surface area contributed by atoms with Crippen LogP contribution in [-0.2, 0) is 0 Å². The number of carbonyl (C=O) groups excluding carboxylic acids is 3. The highest BCUT2D eigenvalue weighted by molar-refractivity contribution is 6.26. The number of β-amino-alcohol motifs (C(OH)–C–C–N with tert-alkyl or cyclic N) is 1. The molecule has 6 heteroatoms. The van der Waals surface area contributed by atoms with E-state index in [1.807, 2.05) is 6.07 Å². The maximum Gasteiger partial charge on any atom is 0.261 e. The first-order valence-electron chi connectivity index (χ1n) is 7.74. The molecule has 2 heterocycles. The topological polar surface area (TPSA) is 87.8 Å². The lowest BCUT2D eigenvalue weighted by molar-refractivity contribution is 0.0580.